The minimum atomic E-state index is 0.594. The Morgan fingerprint density at radius 1 is 1.64 bits per heavy atom. The lowest BCUT2D eigenvalue weighted by molar-refractivity contribution is 1.01. The molecule has 0 fully saturated rings. The fourth-order valence-electron chi connectivity index (χ4n) is 0.807. The van der Waals surface area contributed by atoms with Crippen LogP contribution >= 0.6 is 15.9 Å². The summed E-state index contributed by atoms with van der Waals surface area (Å²) in [5, 5.41) is 0.892. The minimum Gasteiger partial charge on any atom is -0.383 e. The van der Waals surface area contributed by atoms with Crippen LogP contribution in [0.2, 0.25) is 0 Å². The first-order valence-corrected chi connectivity index (χ1v) is 4.50. The SMILES string of the molecule is Cc1ncc(CCBr)c(N)n1. The summed E-state index contributed by atoms with van der Waals surface area (Å²) in [5.41, 5.74) is 6.64. The third-order valence-corrected chi connectivity index (χ3v) is 1.78. The fourth-order valence-corrected chi connectivity index (χ4v) is 1.23. The Balaban J connectivity index is 2.90. The summed E-state index contributed by atoms with van der Waals surface area (Å²) in [5.74, 6) is 1.32. The van der Waals surface area contributed by atoms with Crippen LogP contribution < -0.4 is 5.73 Å². The van der Waals surface area contributed by atoms with Crippen molar-refractivity contribution in [3.8, 4) is 0 Å². The molecule has 60 valence electrons. The minimum absolute atomic E-state index is 0.594. The first kappa shape index (κ1) is 8.46. The number of nitrogens with two attached hydrogens (primary N) is 1. The van der Waals surface area contributed by atoms with Crippen molar-refractivity contribution in [2.75, 3.05) is 11.1 Å². The molecule has 0 unspecified atom stereocenters. The summed E-state index contributed by atoms with van der Waals surface area (Å²) in [6.07, 6.45) is 2.66. The van der Waals surface area contributed by atoms with Gasteiger partial charge in [0.2, 0.25) is 0 Å². The average Bonchev–Trinajstić information content (AvgIpc) is 1.95. The van der Waals surface area contributed by atoms with Crippen LogP contribution in [0.4, 0.5) is 5.82 Å². The van der Waals surface area contributed by atoms with Gasteiger partial charge >= 0.3 is 0 Å². The molecule has 1 aromatic heterocycles. The molecule has 0 aliphatic carbocycles. The number of halogens is 1. The Bertz CT molecular complexity index is 249. The van der Waals surface area contributed by atoms with Gasteiger partial charge in [0.25, 0.3) is 0 Å². The standard InChI is InChI=1S/C7H10BrN3/c1-5-10-4-6(2-3-8)7(9)11-5/h4H,2-3H2,1H3,(H2,9,10,11). The molecule has 0 aliphatic rings. The Morgan fingerprint density at radius 2 is 2.36 bits per heavy atom. The molecule has 0 amide bonds. The Labute approximate surface area is 74.2 Å². The molecule has 0 bridgehead atoms. The smallest absolute Gasteiger partial charge is 0.130 e. The molecule has 3 nitrogen and oxygen atoms in total. The first-order chi connectivity index (χ1) is 5.24. The van der Waals surface area contributed by atoms with Gasteiger partial charge in [-0.05, 0) is 13.3 Å². The number of anilines is 1. The number of hydrogen-bond donors (Lipinski definition) is 1. The summed E-state index contributed by atoms with van der Waals surface area (Å²) in [4.78, 5) is 8.08. The van der Waals surface area contributed by atoms with Crippen LogP contribution in [0.15, 0.2) is 6.20 Å². The van der Waals surface area contributed by atoms with E-state index in [0.29, 0.717) is 5.82 Å². The first-order valence-electron chi connectivity index (χ1n) is 3.38. The van der Waals surface area contributed by atoms with Crippen LogP contribution in [-0.2, 0) is 6.42 Å². The maximum absolute atomic E-state index is 5.64. The molecule has 1 heterocycles. The van der Waals surface area contributed by atoms with Gasteiger partial charge in [0.05, 0.1) is 0 Å². The predicted molar refractivity (Wildman–Crippen MR) is 48.7 cm³/mol. The lowest BCUT2D eigenvalue weighted by Gasteiger charge is -2.01. The van der Waals surface area contributed by atoms with E-state index in [2.05, 4.69) is 25.9 Å². The molecule has 0 aromatic carbocycles. The van der Waals surface area contributed by atoms with Crippen molar-refractivity contribution in [2.24, 2.45) is 0 Å². The van der Waals surface area contributed by atoms with E-state index in [4.69, 9.17) is 5.73 Å². The number of nitrogen functional groups attached to an aromatic ring is 1. The topological polar surface area (TPSA) is 51.8 Å². The summed E-state index contributed by atoms with van der Waals surface area (Å²) >= 11 is 3.33. The van der Waals surface area contributed by atoms with E-state index in [0.717, 1.165) is 23.1 Å². The van der Waals surface area contributed by atoms with Crippen molar-refractivity contribution >= 4 is 21.7 Å². The van der Waals surface area contributed by atoms with Gasteiger partial charge in [-0.25, -0.2) is 9.97 Å². The van der Waals surface area contributed by atoms with Crippen molar-refractivity contribution in [3.05, 3.63) is 17.6 Å². The summed E-state index contributed by atoms with van der Waals surface area (Å²) < 4.78 is 0. The lowest BCUT2D eigenvalue weighted by Crippen LogP contribution is -2.01. The molecule has 4 heteroatoms. The second-order valence-electron chi connectivity index (χ2n) is 2.27. The van der Waals surface area contributed by atoms with Gasteiger partial charge in [-0.3, -0.25) is 0 Å². The number of hydrogen-bond acceptors (Lipinski definition) is 3. The van der Waals surface area contributed by atoms with Gasteiger partial charge in [-0.2, -0.15) is 0 Å². The third-order valence-electron chi connectivity index (χ3n) is 1.38. The van der Waals surface area contributed by atoms with Gasteiger partial charge in [-0.15, -0.1) is 0 Å². The molecule has 0 atom stereocenters. The van der Waals surface area contributed by atoms with Crippen molar-refractivity contribution in [2.45, 2.75) is 13.3 Å². The van der Waals surface area contributed by atoms with E-state index >= 15 is 0 Å². The molecule has 0 spiro atoms. The van der Waals surface area contributed by atoms with Crippen molar-refractivity contribution in [1.29, 1.82) is 0 Å². The summed E-state index contributed by atoms with van der Waals surface area (Å²) in [6, 6.07) is 0. The number of aromatic nitrogens is 2. The van der Waals surface area contributed by atoms with E-state index in [9.17, 15) is 0 Å². The fraction of sp³-hybridized carbons (Fsp3) is 0.429. The van der Waals surface area contributed by atoms with Crippen LogP contribution in [0.1, 0.15) is 11.4 Å². The van der Waals surface area contributed by atoms with Gasteiger partial charge in [0.1, 0.15) is 11.6 Å². The van der Waals surface area contributed by atoms with Gasteiger partial charge < -0.3 is 5.73 Å². The molecule has 0 saturated heterocycles. The Morgan fingerprint density at radius 3 is 2.91 bits per heavy atom. The molecule has 1 aromatic rings. The maximum Gasteiger partial charge on any atom is 0.130 e. The molecule has 0 radical (unpaired) electrons. The van der Waals surface area contributed by atoms with Crippen LogP contribution in [0.5, 0.6) is 0 Å². The average molecular weight is 216 g/mol. The van der Waals surface area contributed by atoms with Gasteiger partial charge in [0.15, 0.2) is 0 Å². The highest BCUT2D eigenvalue weighted by atomic mass is 79.9. The van der Waals surface area contributed by atoms with Crippen LogP contribution in [0.3, 0.4) is 0 Å². The summed E-state index contributed by atoms with van der Waals surface area (Å²) in [7, 11) is 0. The van der Waals surface area contributed by atoms with Gasteiger partial charge in [-0.1, -0.05) is 15.9 Å². The van der Waals surface area contributed by atoms with Crippen LogP contribution in [-0.4, -0.2) is 15.3 Å². The lowest BCUT2D eigenvalue weighted by atomic mass is 10.2. The van der Waals surface area contributed by atoms with E-state index < -0.39 is 0 Å². The number of alkyl halides is 1. The predicted octanol–water partition coefficient (Wildman–Crippen LogP) is 1.30. The molecular formula is C7H10BrN3. The van der Waals surface area contributed by atoms with E-state index in [1.54, 1.807) is 6.20 Å². The van der Waals surface area contributed by atoms with Gasteiger partial charge in [0, 0.05) is 17.1 Å². The maximum atomic E-state index is 5.64. The molecule has 11 heavy (non-hydrogen) atoms. The van der Waals surface area contributed by atoms with E-state index in [1.165, 1.54) is 0 Å². The zero-order chi connectivity index (χ0) is 8.27. The number of rotatable bonds is 2. The summed E-state index contributed by atoms with van der Waals surface area (Å²) in [6.45, 7) is 1.83. The highest BCUT2D eigenvalue weighted by Crippen LogP contribution is 2.08. The van der Waals surface area contributed by atoms with Crippen molar-refractivity contribution in [1.82, 2.24) is 9.97 Å². The monoisotopic (exact) mass is 215 g/mol. The van der Waals surface area contributed by atoms with E-state index in [-0.39, 0.29) is 0 Å². The highest BCUT2D eigenvalue weighted by Gasteiger charge is 1.99. The second-order valence-corrected chi connectivity index (χ2v) is 3.06. The zero-order valence-electron chi connectivity index (χ0n) is 6.34. The van der Waals surface area contributed by atoms with Crippen molar-refractivity contribution < 1.29 is 0 Å². The van der Waals surface area contributed by atoms with Crippen LogP contribution in [0, 0.1) is 6.92 Å². The molecule has 0 saturated carbocycles. The molecule has 2 N–H and O–H groups in total. The van der Waals surface area contributed by atoms with E-state index in [1.807, 2.05) is 6.92 Å². The second kappa shape index (κ2) is 3.67. The van der Waals surface area contributed by atoms with Crippen molar-refractivity contribution in [3.63, 3.8) is 0 Å². The molecule has 1 rings (SSSR count). The third kappa shape index (κ3) is 2.15. The van der Waals surface area contributed by atoms with Crippen LogP contribution in [0.25, 0.3) is 0 Å². The quantitative estimate of drug-likeness (QED) is 0.758. The molecule has 0 aliphatic heterocycles. The number of aryl methyl sites for hydroxylation is 2. The molecular weight excluding hydrogens is 206 g/mol. The largest absolute Gasteiger partial charge is 0.383 e. The normalized spacial score (nSPS) is 10.0. The Hall–Kier alpha value is -0.640. The highest BCUT2D eigenvalue weighted by molar-refractivity contribution is 9.09. The zero-order valence-corrected chi connectivity index (χ0v) is 7.93. The number of nitrogens with zero attached hydrogens (tertiary/aromatic N) is 2. The Kier molecular flexibility index (Phi) is 2.82.